The van der Waals surface area contributed by atoms with E-state index in [1.807, 2.05) is 18.2 Å². The Morgan fingerprint density at radius 1 is 1.42 bits per heavy atom. The zero-order valence-corrected chi connectivity index (χ0v) is 12.9. The van der Waals surface area contributed by atoms with Gasteiger partial charge in [0.05, 0.1) is 5.56 Å². The number of nitrogens with two attached hydrogens (primary N) is 1. The average molecular weight is 325 g/mol. The second-order valence-electron chi connectivity index (χ2n) is 5.16. The lowest BCUT2D eigenvalue weighted by molar-refractivity contribution is 0.0902. The molecule has 0 bridgehead atoms. The van der Waals surface area contributed by atoms with Gasteiger partial charge in [0, 0.05) is 4.47 Å². The standard InChI is InChI=1S/C15H21BrN2O/c1-2-10-5-3-4-6-13(10)19-14-8-7-11(16)9-12(14)15(17)18/h7-10,13H,2-6H2,1H3,(H3,17,18). The summed E-state index contributed by atoms with van der Waals surface area (Å²) in [5, 5.41) is 7.66. The fourth-order valence-electron chi connectivity index (χ4n) is 2.77. The third kappa shape index (κ3) is 3.50. The number of nitrogens with one attached hydrogen (secondary N) is 1. The molecule has 1 aliphatic carbocycles. The van der Waals surface area contributed by atoms with E-state index in [9.17, 15) is 0 Å². The van der Waals surface area contributed by atoms with Crippen molar-refractivity contribution in [2.45, 2.75) is 45.1 Å². The number of rotatable bonds is 4. The molecule has 3 nitrogen and oxygen atoms in total. The highest BCUT2D eigenvalue weighted by Crippen LogP contribution is 2.32. The van der Waals surface area contributed by atoms with Gasteiger partial charge in [0.15, 0.2) is 0 Å². The molecule has 2 rings (SSSR count). The van der Waals surface area contributed by atoms with Gasteiger partial charge in [-0.25, -0.2) is 0 Å². The normalized spacial score (nSPS) is 23.1. The van der Waals surface area contributed by atoms with Crippen molar-refractivity contribution < 1.29 is 4.74 Å². The minimum absolute atomic E-state index is 0.0557. The minimum atomic E-state index is 0.0557. The summed E-state index contributed by atoms with van der Waals surface area (Å²) in [6.45, 7) is 2.22. The maximum Gasteiger partial charge on any atom is 0.130 e. The van der Waals surface area contributed by atoms with Crippen molar-refractivity contribution in [3.63, 3.8) is 0 Å². The Labute approximate surface area is 123 Å². The highest BCUT2D eigenvalue weighted by molar-refractivity contribution is 9.10. The zero-order chi connectivity index (χ0) is 13.8. The van der Waals surface area contributed by atoms with Gasteiger partial charge in [0.25, 0.3) is 0 Å². The molecule has 1 aromatic carbocycles. The first kappa shape index (κ1) is 14.4. The third-order valence-electron chi connectivity index (χ3n) is 3.87. The van der Waals surface area contributed by atoms with Crippen molar-refractivity contribution in [2.75, 3.05) is 0 Å². The Bertz CT molecular complexity index is 461. The van der Waals surface area contributed by atoms with Crippen LogP contribution in [0.15, 0.2) is 22.7 Å². The molecule has 0 heterocycles. The number of benzene rings is 1. The summed E-state index contributed by atoms with van der Waals surface area (Å²) in [7, 11) is 0. The van der Waals surface area contributed by atoms with Crippen LogP contribution in [-0.4, -0.2) is 11.9 Å². The first-order valence-corrected chi connectivity index (χ1v) is 7.71. The van der Waals surface area contributed by atoms with Crippen LogP contribution >= 0.6 is 15.9 Å². The van der Waals surface area contributed by atoms with Crippen LogP contribution in [0.5, 0.6) is 5.75 Å². The first-order valence-electron chi connectivity index (χ1n) is 6.92. The lowest BCUT2D eigenvalue weighted by atomic mass is 9.84. The van der Waals surface area contributed by atoms with E-state index in [1.165, 1.54) is 19.3 Å². The van der Waals surface area contributed by atoms with Crippen LogP contribution in [0.1, 0.15) is 44.6 Å². The summed E-state index contributed by atoms with van der Waals surface area (Å²) in [4.78, 5) is 0. The molecule has 1 saturated carbocycles. The van der Waals surface area contributed by atoms with Crippen molar-refractivity contribution in [3.8, 4) is 5.75 Å². The molecule has 0 amide bonds. The van der Waals surface area contributed by atoms with E-state index in [0.29, 0.717) is 11.5 Å². The van der Waals surface area contributed by atoms with Gasteiger partial charge in [-0.05, 0) is 49.8 Å². The van der Waals surface area contributed by atoms with Crippen LogP contribution in [0.2, 0.25) is 0 Å². The van der Waals surface area contributed by atoms with Gasteiger partial charge < -0.3 is 10.5 Å². The lowest BCUT2D eigenvalue weighted by Gasteiger charge is -2.31. The van der Waals surface area contributed by atoms with Crippen LogP contribution in [0, 0.1) is 11.3 Å². The molecule has 0 spiro atoms. The Balaban J connectivity index is 2.20. The fourth-order valence-corrected chi connectivity index (χ4v) is 3.14. The molecule has 0 aliphatic heterocycles. The molecule has 4 heteroatoms. The van der Waals surface area contributed by atoms with Gasteiger partial charge in [-0.1, -0.05) is 29.3 Å². The van der Waals surface area contributed by atoms with E-state index >= 15 is 0 Å². The van der Waals surface area contributed by atoms with Gasteiger partial charge in [0.2, 0.25) is 0 Å². The smallest absolute Gasteiger partial charge is 0.130 e. The van der Waals surface area contributed by atoms with Gasteiger partial charge in [-0.3, -0.25) is 5.41 Å². The summed E-state index contributed by atoms with van der Waals surface area (Å²) < 4.78 is 7.08. The Kier molecular flexibility index (Phi) is 4.86. The van der Waals surface area contributed by atoms with Crippen LogP contribution < -0.4 is 10.5 Å². The summed E-state index contributed by atoms with van der Waals surface area (Å²) in [6, 6.07) is 5.69. The zero-order valence-electron chi connectivity index (χ0n) is 11.3. The van der Waals surface area contributed by atoms with E-state index in [1.54, 1.807) is 0 Å². The lowest BCUT2D eigenvalue weighted by Crippen LogP contribution is -2.30. The number of hydrogen-bond acceptors (Lipinski definition) is 2. The molecule has 19 heavy (non-hydrogen) atoms. The highest BCUT2D eigenvalue weighted by atomic mass is 79.9. The van der Waals surface area contributed by atoms with E-state index in [2.05, 4.69) is 22.9 Å². The highest BCUT2D eigenvalue weighted by Gasteiger charge is 2.26. The van der Waals surface area contributed by atoms with Crippen molar-refractivity contribution in [3.05, 3.63) is 28.2 Å². The predicted molar refractivity (Wildman–Crippen MR) is 81.8 cm³/mol. The number of ether oxygens (including phenoxy) is 1. The van der Waals surface area contributed by atoms with E-state index < -0.39 is 0 Å². The average Bonchev–Trinajstić information content (AvgIpc) is 2.41. The van der Waals surface area contributed by atoms with Crippen LogP contribution in [-0.2, 0) is 0 Å². The summed E-state index contributed by atoms with van der Waals surface area (Å²) in [6.07, 6.45) is 6.29. The van der Waals surface area contributed by atoms with Crippen molar-refractivity contribution in [1.82, 2.24) is 0 Å². The SMILES string of the molecule is CCC1CCCCC1Oc1ccc(Br)cc1C(=N)N. The van der Waals surface area contributed by atoms with Crippen molar-refractivity contribution in [2.24, 2.45) is 11.7 Å². The molecule has 1 fully saturated rings. The maximum absolute atomic E-state index is 7.66. The Hall–Kier alpha value is -1.03. The predicted octanol–water partition coefficient (Wildman–Crippen LogP) is 4.08. The van der Waals surface area contributed by atoms with Crippen molar-refractivity contribution in [1.29, 1.82) is 5.41 Å². The molecular formula is C15H21BrN2O. The first-order chi connectivity index (χ1) is 9.11. The molecular weight excluding hydrogens is 304 g/mol. The maximum atomic E-state index is 7.66. The summed E-state index contributed by atoms with van der Waals surface area (Å²) in [5.41, 5.74) is 6.31. The Morgan fingerprint density at radius 3 is 2.84 bits per heavy atom. The van der Waals surface area contributed by atoms with Crippen molar-refractivity contribution >= 4 is 21.8 Å². The van der Waals surface area contributed by atoms with Gasteiger partial charge in [-0.2, -0.15) is 0 Å². The quantitative estimate of drug-likeness (QED) is 0.647. The largest absolute Gasteiger partial charge is 0.489 e. The number of hydrogen-bond donors (Lipinski definition) is 2. The van der Waals surface area contributed by atoms with Crippen LogP contribution in [0.25, 0.3) is 0 Å². The molecule has 0 saturated heterocycles. The van der Waals surface area contributed by atoms with Gasteiger partial charge in [0.1, 0.15) is 17.7 Å². The molecule has 2 atom stereocenters. The molecule has 104 valence electrons. The monoisotopic (exact) mass is 324 g/mol. The summed E-state index contributed by atoms with van der Waals surface area (Å²) in [5.74, 6) is 1.42. The minimum Gasteiger partial charge on any atom is -0.489 e. The third-order valence-corrected chi connectivity index (χ3v) is 4.37. The number of halogens is 1. The molecule has 1 aliphatic rings. The number of nitrogen functional groups attached to an aromatic ring is 1. The molecule has 3 N–H and O–H groups in total. The fraction of sp³-hybridized carbons (Fsp3) is 0.533. The summed E-state index contributed by atoms with van der Waals surface area (Å²) >= 11 is 3.41. The Morgan fingerprint density at radius 2 is 2.16 bits per heavy atom. The van der Waals surface area contributed by atoms with E-state index in [0.717, 1.165) is 23.1 Å². The van der Waals surface area contributed by atoms with Crippen LogP contribution in [0.4, 0.5) is 0 Å². The van der Waals surface area contributed by atoms with E-state index in [-0.39, 0.29) is 11.9 Å². The molecule has 0 aromatic heterocycles. The molecule has 2 unspecified atom stereocenters. The molecule has 0 radical (unpaired) electrons. The molecule has 1 aromatic rings. The number of amidine groups is 1. The van der Waals surface area contributed by atoms with E-state index in [4.69, 9.17) is 15.9 Å². The van der Waals surface area contributed by atoms with Gasteiger partial charge >= 0.3 is 0 Å². The van der Waals surface area contributed by atoms with Gasteiger partial charge in [-0.15, -0.1) is 0 Å². The second kappa shape index (κ2) is 6.42. The van der Waals surface area contributed by atoms with Crippen LogP contribution in [0.3, 0.4) is 0 Å². The topological polar surface area (TPSA) is 59.1 Å². The second-order valence-corrected chi connectivity index (χ2v) is 6.08.